The lowest BCUT2D eigenvalue weighted by Crippen LogP contribution is -2.37. The molecule has 0 unspecified atom stereocenters. The molecule has 1 aromatic carbocycles. The van der Waals surface area contributed by atoms with Gasteiger partial charge >= 0.3 is 0 Å². The molecule has 0 N–H and O–H groups in total. The molecule has 2 rings (SSSR count). The Bertz CT molecular complexity index is 477. The number of fused-ring (bicyclic) bond motifs is 1. The third-order valence-corrected chi connectivity index (χ3v) is 3.67. The minimum Gasteiger partial charge on any atom is -0.195 e. The molecule has 1 aromatic heterocycles. The fourth-order valence-corrected chi connectivity index (χ4v) is 2.44. The van der Waals surface area contributed by atoms with Crippen molar-refractivity contribution in [1.29, 1.82) is 0 Å². The van der Waals surface area contributed by atoms with Crippen LogP contribution in [0.1, 0.15) is 12.6 Å². The first-order valence-corrected chi connectivity index (χ1v) is 5.89. The number of halogens is 1. The minimum atomic E-state index is 1.03. The van der Waals surface area contributed by atoms with Gasteiger partial charge in [-0.25, -0.2) is 0 Å². The van der Waals surface area contributed by atoms with Crippen molar-refractivity contribution in [3.05, 3.63) is 39.6 Å². The number of rotatable bonds is 1. The standard InChI is InChI=1S/C12H13IN/c1-3-14-9(2)11(13)8-10-6-4-5-7-12(10)14/h4-8H,3H2,1-2H3/q+1. The molecule has 2 heteroatoms. The summed E-state index contributed by atoms with van der Waals surface area (Å²) in [6.07, 6.45) is 0. The number of aryl methyl sites for hydroxylation is 1. The fourth-order valence-electron chi connectivity index (χ4n) is 1.81. The van der Waals surface area contributed by atoms with Gasteiger partial charge in [-0.1, -0.05) is 12.1 Å². The summed E-state index contributed by atoms with van der Waals surface area (Å²) in [4.78, 5) is 0. The number of hydrogen-bond acceptors (Lipinski definition) is 0. The monoisotopic (exact) mass is 298 g/mol. The summed E-state index contributed by atoms with van der Waals surface area (Å²) in [5.41, 5.74) is 2.68. The maximum absolute atomic E-state index is 2.40. The van der Waals surface area contributed by atoms with Gasteiger partial charge in [-0.3, -0.25) is 0 Å². The van der Waals surface area contributed by atoms with E-state index in [-0.39, 0.29) is 0 Å². The number of nitrogens with zero attached hydrogens (tertiary/aromatic N) is 1. The van der Waals surface area contributed by atoms with Gasteiger partial charge in [-0.05, 0) is 41.6 Å². The van der Waals surface area contributed by atoms with Crippen molar-refractivity contribution in [2.24, 2.45) is 0 Å². The van der Waals surface area contributed by atoms with Crippen LogP contribution in [0.2, 0.25) is 0 Å². The van der Waals surface area contributed by atoms with E-state index in [1.807, 2.05) is 0 Å². The third-order valence-electron chi connectivity index (χ3n) is 2.58. The van der Waals surface area contributed by atoms with E-state index in [0.29, 0.717) is 0 Å². The lowest BCUT2D eigenvalue weighted by molar-refractivity contribution is -0.674. The van der Waals surface area contributed by atoms with Crippen LogP contribution < -0.4 is 4.57 Å². The summed E-state index contributed by atoms with van der Waals surface area (Å²) in [7, 11) is 0. The molecule has 0 spiro atoms. The second-order valence-corrected chi connectivity index (χ2v) is 4.54. The Hall–Kier alpha value is -0.640. The Morgan fingerprint density at radius 3 is 2.71 bits per heavy atom. The molecule has 1 heterocycles. The summed E-state index contributed by atoms with van der Waals surface area (Å²) < 4.78 is 3.69. The lowest BCUT2D eigenvalue weighted by Gasteiger charge is -2.03. The minimum absolute atomic E-state index is 1.03. The van der Waals surface area contributed by atoms with E-state index in [4.69, 9.17) is 0 Å². The molecule has 0 amide bonds. The normalized spacial score (nSPS) is 10.8. The van der Waals surface area contributed by atoms with E-state index in [1.54, 1.807) is 0 Å². The molecule has 72 valence electrons. The van der Waals surface area contributed by atoms with Crippen LogP contribution in [0.25, 0.3) is 10.9 Å². The molecule has 0 radical (unpaired) electrons. The Kier molecular flexibility index (Phi) is 2.72. The van der Waals surface area contributed by atoms with E-state index < -0.39 is 0 Å². The lowest BCUT2D eigenvalue weighted by atomic mass is 10.2. The Morgan fingerprint density at radius 2 is 2.00 bits per heavy atom. The molecule has 0 aliphatic carbocycles. The highest BCUT2D eigenvalue weighted by Crippen LogP contribution is 2.16. The van der Waals surface area contributed by atoms with Gasteiger partial charge in [0, 0.05) is 18.4 Å². The van der Waals surface area contributed by atoms with Crippen molar-refractivity contribution in [2.45, 2.75) is 20.4 Å². The summed E-state index contributed by atoms with van der Waals surface area (Å²) >= 11 is 2.40. The third kappa shape index (κ3) is 1.52. The van der Waals surface area contributed by atoms with Crippen LogP contribution in [0.5, 0.6) is 0 Å². The maximum atomic E-state index is 2.40. The van der Waals surface area contributed by atoms with E-state index in [2.05, 4.69) is 71.3 Å². The van der Waals surface area contributed by atoms with Gasteiger partial charge < -0.3 is 0 Å². The van der Waals surface area contributed by atoms with Crippen LogP contribution in [-0.4, -0.2) is 0 Å². The molecule has 0 atom stereocenters. The van der Waals surface area contributed by atoms with Crippen molar-refractivity contribution in [3.63, 3.8) is 0 Å². The van der Waals surface area contributed by atoms with Gasteiger partial charge in [-0.15, -0.1) is 0 Å². The Balaban J connectivity index is 2.89. The van der Waals surface area contributed by atoms with Crippen LogP contribution in [0.15, 0.2) is 30.3 Å². The summed E-state index contributed by atoms with van der Waals surface area (Å²) in [6.45, 7) is 5.40. The molecule has 0 fully saturated rings. The van der Waals surface area contributed by atoms with Gasteiger partial charge in [0.2, 0.25) is 5.52 Å². The average Bonchev–Trinajstić information content (AvgIpc) is 2.20. The number of aromatic nitrogens is 1. The number of hydrogen-bond donors (Lipinski definition) is 0. The predicted octanol–water partition coefficient (Wildman–Crippen LogP) is 3.06. The quantitative estimate of drug-likeness (QED) is 0.563. The second-order valence-electron chi connectivity index (χ2n) is 3.38. The molecule has 0 saturated heterocycles. The number of pyridine rings is 1. The molecule has 2 aromatic rings. The first-order chi connectivity index (χ1) is 6.74. The maximum Gasteiger partial charge on any atom is 0.212 e. The highest BCUT2D eigenvalue weighted by molar-refractivity contribution is 14.1. The molecule has 0 aliphatic heterocycles. The Morgan fingerprint density at radius 1 is 1.29 bits per heavy atom. The summed E-state index contributed by atoms with van der Waals surface area (Å²) in [5, 5.41) is 1.32. The molecule has 0 aliphatic rings. The van der Waals surface area contributed by atoms with Crippen LogP contribution in [-0.2, 0) is 6.54 Å². The largest absolute Gasteiger partial charge is 0.212 e. The number of para-hydroxylation sites is 1. The highest BCUT2D eigenvalue weighted by atomic mass is 127. The molecule has 0 saturated carbocycles. The highest BCUT2D eigenvalue weighted by Gasteiger charge is 2.13. The van der Waals surface area contributed by atoms with Crippen LogP contribution >= 0.6 is 22.6 Å². The van der Waals surface area contributed by atoms with Gasteiger partial charge in [0.05, 0.1) is 3.57 Å². The predicted molar refractivity (Wildman–Crippen MR) is 67.3 cm³/mol. The van der Waals surface area contributed by atoms with E-state index in [1.165, 1.54) is 20.2 Å². The van der Waals surface area contributed by atoms with Crippen LogP contribution in [0.4, 0.5) is 0 Å². The van der Waals surface area contributed by atoms with E-state index in [9.17, 15) is 0 Å². The van der Waals surface area contributed by atoms with E-state index >= 15 is 0 Å². The van der Waals surface area contributed by atoms with Crippen LogP contribution in [0, 0.1) is 10.5 Å². The van der Waals surface area contributed by atoms with Gasteiger partial charge in [-0.2, -0.15) is 4.57 Å². The Labute approximate surface area is 97.9 Å². The second kappa shape index (κ2) is 3.85. The molecule has 0 bridgehead atoms. The fraction of sp³-hybridized carbons (Fsp3) is 0.250. The first-order valence-electron chi connectivity index (χ1n) is 4.81. The zero-order valence-corrected chi connectivity index (χ0v) is 10.6. The van der Waals surface area contributed by atoms with Gasteiger partial charge in [0.15, 0.2) is 5.69 Å². The molecular formula is C12H13IN+. The van der Waals surface area contributed by atoms with Crippen molar-refractivity contribution in [1.82, 2.24) is 0 Å². The van der Waals surface area contributed by atoms with Crippen molar-refractivity contribution < 1.29 is 4.57 Å². The zero-order valence-electron chi connectivity index (χ0n) is 8.42. The molecular weight excluding hydrogens is 285 g/mol. The van der Waals surface area contributed by atoms with Crippen molar-refractivity contribution in [3.8, 4) is 0 Å². The van der Waals surface area contributed by atoms with Crippen molar-refractivity contribution in [2.75, 3.05) is 0 Å². The van der Waals surface area contributed by atoms with Crippen molar-refractivity contribution >= 4 is 33.5 Å². The summed E-state index contributed by atoms with van der Waals surface area (Å²) in [6, 6.07) is 10.8. The number of benzene rings is 1. The van der Waals surface area contributed by atoms with Gasteiger partial charge in [0.1, 0.15) is 6.54 Å². The molecule has 1 nitrogen and oxygen atoms in total. The smallest absolute Gasteiger partial charge is 0.195 e. The van der Waals surface area contributed by atoms with Crippen LogP contribution in [0.3, 0.4) is 0 Å². The SMILES string of the molecule is CC[n+]1c(C)c(I)cc2ccccc21. The van der Waals surface area contributed by atoms with Gasteiger partial charge in [0.25, 0.3) is 0 Å². The summed E-state index contributed by atoms with van der Waals surface area (Å²) in [5.74, 6) is 0. The first kappa shape index (κ1) is 9.90. The van der Waals surface area contributed by atoms with E-state index in [0.717, 1.165) is 6.54 Å². The topological polar surface area (TPSA) is 3.88 Å². The molecule has 14 heavy (non-hydrogen) atoms. The zero-order chi connectivity index (χ0) is 10.1. The average molecular weight is 298 g/mol.